The summed E-state index contributed by atoms with van der Waals surface area (Å²) in [6.45, 7) is 2.31. The van der Waals surface area contributed by atoms with E-state index in [9.17, 15) is 9.59 Å². The standard InChI is InChI=1S/C28H32N4O2/c1-19(29)28(15-7-8-16-30-28)27(34)32-18-22(20-9-3-2-4-10-20)17-25(32)26(33)31-24-14-13-21-11-5-6-12-23(21)24/h2-12,16,19,22,24-25H,13-15,17-18,29H2,1H3,(H,31,33)/t19?,22-,24+,25-,28?/m0/s1. The van der Waals surface area contributed by atoms with Gasteiger partial charge in [0.15, 0.2) is 5.54 Å². The average Bonchev–Trinajstić information content (AvgIpc) is 3.49. The summed E-state index contributed by atoms with van der Waals surface area (Å²) < 4.78 is 0. The van der Waals surface area contributed by atoms with Crippen LogP contribution >= 0.6 is 0 Å². The summed E-state index contributed by atoms with van der Waals surface area (Å²) in [6, 6.07) is 17.4. The Balaban J connectivity index is 1.43. The van der Waals surface area contributed by atoms with Crippen LogP contribution < -0.4 is 11.1 Å². The van der Waals surface area contributed by atoms with Crippen LogP contribution in [0, 0.1) is 0 Å². The lowest BCUT2D eigenvalue weighted by molar-refractivity contribution is -0.143. The van der Waals surface area contributed by atoms with E-state index in [1.807, 2.05) is 49.4 Å². The zero-order chi connectivity index (χ0) is 23.7. The first kappa shape index (κ1) is 22.5. The molecule has 0 aromatic heterocycles. The van der Waals surface area contributed by atoms with Gasteiger partial charge in [-0.15, -0.1) is 0 Å². The third kappa shape index (κ3) is 3.96. The van der Waals surface area contributed by atoms with Crippen LogP contribution in [0.3, 0.4) is 0 Å². The van der Waals surface area contributed by atoms with Crippen molar-refractivity contribution in [3.63, 3.8) is 0 Å². The first-order chi connectivity index (χ1) is 16.5. The minimum Gasteiger partial charge on any atom is -0.347 e. The van der Waals surface area contributed by atoms with E-state index in [-0.39, 0.29) is 23.8 Å². The number of allylic oxidation sites excluding steroid dienone is 1. The molecule has 2 aromatic rings. The predicted molar refractivity (Wildman–Crippen MR) is 134 cm³/mol. The minimum absolute atomic E-state index is 0.0190. The molecule has 1 saturated heterocycles. The number of nitrogens with two attached hydrogens (primary N) is 1. The molecule has 0 spiro atoms. The molecule has 176 valence electrons. The van der Waals surface area contributed by atoms with Gasteiger partial charge in [0.2, 0.25) is 5.91 Å². The Morgan fingerprint density at radius 3 is 2.65 bits per heavy atom. The second kappa shape index (κ2) is 9.18. The first-order valence-corrected chi connectivity index (χ1v) is 12.2. The summed E-state index contributed by atoms with van der Waals surface area (Å²) in [5, 5.41) is 3.26. The number of aryl methyl sites for hydroxylation is 1. The van der Waals surface area contributed by atoms with Crippen LogP contribution in [0.1, 0.15) is 54.8 Å². The quantitative estimate of drug-likeness (QED) is 0.724. The molecule has 1 fully saturated rings. The Labute approximate surface area is 200 Å². The monoisotopic (exact) mass is 456 g/mol. The van der Waals surface area contributed by atoms with Crippen molar-refractivity contribution in [2.45, 2.75) is 62.2 Å². The lowest BCUT2D eigenvalue weighted by Gasteiger charge is -2.38. The zero-order valence-electron chi connectivity index (χ0n) is 19.6. The number of amides is 2. The van der Waals surface area contributed by atoms with Gasteiger partial charge in [-0.1, -0.05) is 60.7 Å². The van der Waals surface area contributed by atoms with Gasteiger partial charge in [0.25, 0.3) is 5.91 Å². The van der Waals surface area contributed by atoms with Crippen molar-refractivity contribution in [2.24, 2.45) is 10.7 Å². The van der Waals surface area contributed by atoms with E-state index in [1.54, 1.807) is 11.1 Å². The summed E-state index contributed by atoms with van der Waals surface area (Å²) in [4.78, 5) is 34.0. The number of aliphatic imine (C=N–C) groups is 1. The van der Waals surface area contributed by atoms with Crippen LogP contribution in [0.5, 0.6) is 0 Å². The highest BCUT2D eigenvalue weighted by atomic mass is 16.2. The summed E-state index contributed by atoms with van der Waals surface area (Å²) in [6.07, 6.45) is 8.29. The van der Waals surface area contributed by atoms with E-state index in [2.05, 4.69) is 34.6 Å². The third-order valence-electron chi connectivity index (χ3n) is 7.66. The topological polar surface area (TPSA) is 87.8 Å². The number of carbonyl (C=O) groups excluding carboxylic acids is 2. The molecule has 5 atom stereocenters. The van der Waals surface area contributed by atoms with Gasteiger partial charge in [0, 0.05) is 31.1 Å². The maximum atomic E-state index is 14.0. The van der Waals surface area contributed by atoms with Gasteiger partial charge in [-0.25, -0.2) is 0 Å². The first-order valence-electron chi connectivity index (χ1n) is 12.2. The van der Waals surface area contributed by atoms with Crippen LogP contribution in [0.2, 0.25) is 0 Å². The highest BCUT2D eigenvalue weighted by Crippen LogP contribution is 2.37. The summed E-state index contributed by atoms with van der Waals surface area (Å²) in [5.74, 6) is -0.165. The number of nitrogens with one attached hydrogen (secondary N) is 1. The number of carbonyl (C=O) groups is 2. The molecule has 34 heavy (non-hydrogen) atoms. The third-order valence-corrected chi connectivity index (χ3v) is 7.66. The van der Waals surface area contributed by atoms with Crippen molar-refractivity contribution in [3.8, 4) is 0 Å². The molecular formula is C28H32N4O2. The number of benzene rings is 2. The van der Waals surface area contributed by atoms with Gasteiger partial charge in [-0.2, -0.15) is 0 Å². The molecule has 3 aliphatic rings. The molecule has 0 saturated carbocycles. The zero-order valence-corrected chi connectivity index (χ0v) is 19.6. The maximum absolute atomic E-state index is 14.0. The lowest BCUT2D eigenvalue weighted by atomic mass is 9.85. The van der Waals surface area contributed by atoms with Gasteiger partial charge in [-0.05, 0) is 49.0 Å². The molecular weight excluding hydrogens is 424 g/mol. The van der Waals surface area contributed by atoms with Crippen LogP contribution in [-0.2, 0) is 16.0 Å². The molecule has 6 nitrogen and oxygen atoms in total. The van der Waals surface area contributed by atoms with Crippen LogP contribution in [0.4, 0.5) is 0 Å². The molecule has 2 unspecified atom stereocenters. The molecule has 2 heterocycles. The highest BCUT2D eigenvalue weighted by Gasteiger charge is 2.50. The number of hydrogen-bond acceptors (Lipinski definition) is 4. The smallest absolute Gasteiger partial charge is 0.253 e. The maximum Gasteiger partial charge on any atom is 0.253 e. The van der Waals surface area contributed by atoms with Gasteiger partial charge in [-0.3, -0.25) is 14.6 Å². The number of rotatable bonds is 5. The van der Waals surface area contributed by atoms with Gasteiger partial charge in [0.1, 0.15) is 6.04 Å². The van der Waals surface area contributed by atoms with Crippen molar-refractivity contribution >= 4 is 18.0 Å². The Bertz CT molecular complexity index is 1130. The van der Waals surface area contributed by atoms with E-state index >= 15 is 0 Å². The number of nitrogens with zero attached hydrogens (tertiary/aromatic N) is 2. The molecule has 3 N–H and O–H groups in total. The lowest BCUT2D eigenvalue weighted by Crippen LogP contribution is -2.60. The van der Waals surface area contributed by atoms with Crippen LogP contribution in [0.15, 0.2) is 71.7 Å². The van der Waals surface area contributed by atoms with E-state index in [0.29, 0.717) is 19.4 Å². The molecule has 2 aliphatic heterocycles. The summed E-state index contributed by atoms with van der Waals surface area (Å²) >= 11 is 0. The van der Waals surface area contributed by atoms with Crippen molar-refractivity contribution in [2.75, 3.05) is 6.54 Å². The van der Waals surface area contributed by atoms with Gasteiger partial charge < -0.3 is 16.0 Å². The van der Waals surface area contributed by atoms with Gasteiger partial charge in [0.05, 0.1) is 6.04 Å². The van der Waals surface area contributed by atoms with E-state index in [4.69, 9.17) is 5.73 Å². The van der Waals surface area contributed by atoms with Crippen molar-refractivity contribution in [1.29, 1.82) is 0 Å². The number of hydrogen-bond donors (Lipinski definition) is 2. The minimum atomic E-state index is -1.07. The fourth-order valence-corrected chi connectivity index (χ4v) is 5.68. The molecule has 2 aromatic carbocycles. The molecule has 0 radical (unpaired) electrons. The molecule has 5 rings (SSSR count). The van der Waals surface area contributed by atoms with Crippen LogP contribution in [-0.4, -0.2) is 47.1 Å². The number of fused-ring (bicyclic) bond motifs is 1. The van der Waals surface area contributed by atoms with E-state index in [1.165, 1.54) is 11.1 Å². The highest BCUT2D eigenvalue weighted by molar-refractivity contribution is 5.95. The summed E-state index contributed by atoms with van der Waals surface area (Å²) in [7, 11) is 0. The fraction of sp³-hybridized carbons (Fsp3) is 0.393. The Kier molecular flexibility index (Phi) is 6.09. The number of dihydropyridines is 1. The van der Waals surface area contributed by atoms with Gasteiger partial charge >= 0.3 is 0 Å². The molecule has 2 amide bonds. The Morgan fingerprint density at radius 1 is 1.15 bits per heavy atom. The molecule has 0 bridgehead atoms. The van der Waals surface area contributed by atoms with Crippen molar-refractivity contribution in [1.82, 2.24) is 10.2 Å². The Morgan fingerprint density at radius 2 is 1.91 bits per heavy atom. The normalized spacial score (nSPS) is 28.5. The van der Waals surface area contributed by atoms with E-state index in [0.717, 1.165) is 18.4 Å². The summed E-state index contributed by atoms with van der Waals surface area (Å²) in [5.41, 5.74) is 8.87. The molecule has 6 heteroatoms. The van der Waals surface area contributed by atoms with E-state index < -0.39 is 17.6 Å². The molecule has 1 aliphatic carbocycles. The average molecular weight is 457 g/mol. The fourth-order valence-electron chi connectivity index (χ4n) is 5.68. The van der Waals surface area contributed by atoms with Crippen molar-refractivity contribution in [3.05, 3.63) is 83.4 Å². The predicted octanol–water partition coefficient (Wildman–Crippen LogP) is 3.29. The second-order valence-corrected chi connectivity index (χ2v) is 9.74. The van der Waals surface area contributed by atoms with Crippen LogP contribution in [0.25, 0.3) is 0 Å². The second-order valence-electron chi connectivity index (χ2n) is 9.74. The van der Waals surface area contributed by atoms with Crippen molar-refractivity contribution < 1.29 is 9.59 Å². The number of likely N-dealkylation sites (tertiary alicyclic amines) is 1. The Hall–Kier alpha value is -3.25. The largest absolute Gasteiger partial charge is 0.347 e. The SMILES string of the molecule is CC(N)C1(C(=O)N2C[C@@H](c3ccccc3)C[C@H]2C(=O)N[C@@H]2CCc3ccccc32)CC=CC=N1.